The Kier molecular flexibility index (Phi) is 4.37. The molecule has 1 amide bonds. The van der Waals surface area contributed by atoms with E-state index in [4.69, 9.17) is 4.42 Å². The van der Waals surface area contributed by atoms with E-state index in [9.17, 15) is 4.79 Å². The molecule has 142 valence electrons. The van der Waals surface area contributed by atoms with Crippen LogP contribution >= 0.6 is 0 Å². The Morgan fingerprint density at radius 2 is 1.71 bits per heavy atom. The molecule has 1 aromatic heterocycles. The first-order valence-corrected chi connectivity index (χ1v) is 9.84. The maximum atomic E-state index is 12.5. The van der Waals surface area contributed by atoms with Gasteiger partial charge in [-0.15, -0.1) is 0 Å². The van der Waals surface area contributed by atoms with Crippen LogP contribution < -0.4 is 16.0 Å². The van der Waals surface area contributed by atoms with Gasteiger partial charge in [-0.1, -0.05) is 18.2 Å². The summed E-state index contributed by atoms with van der Waals surface area (Å²) in [6, 6.07) is 22.8. The van der Waals surface area contributed by atoms with Crippen molar-refractivity contribution in [2.24, 2.45) is 0 Å². The average Bonchev–Trinajstić information content (AvgIpc) is 3.46. The topological polar surface area (TPSA) is 66.3 Å². The van der Waals surface area contributed by atoms with Crippen LogP contribution in [0.25, 0.3) is 11.3 Å². The molecule has 3 heterocycles. The minimum atomic E-state index is -0.132. The van der Waals surface area contributed by atoms with Gasteiger partial charge in [0.05, 0.1) is 0 Å². The van der Waals surface area contributed by atoms with Crippen LogP contribution in [-0.2, 0) is 0 Å². The summed E-state index contributed by atoms with van der Waals surface area (Å²) in [6.07, 6.45) is 3.37. The van der Waals surface area contributed by atoms with E-state index in [1.807, 2.05) is 60.7 Å². The summed E-state index contributed by atoms with van der Waals surface area (Å²) >= 11 is 0. The number of anilines is 2. The van der Waals surface area contributed by atoms with Crippen LogP contribution in [0.1, 0.15) is 29.8 Å². The first kappa shape index (κ1) is 17.1. The third-order valence-corrected chi connectivity index (χ3v) is 5.68. The molecule has 2 aliphatic heterocycles. The van der Waals surface area contributed by atoms with Crippen molar-refractivity contribution in [3.05, 3.63) is 72.5 Å². The van der Waals surface area contributed by atoms with Gasteiger partial charge in [-0.25, -0.2) is 0 Å². The highest BCUT2D eigenvalue weighted by Crippen LogP contribution is 2.29. The Balaban J connectivity index is 1.24. The predicted octanol–water partition coefficient (Wildman–Crippen LogP) is 4.31. The molecule has 3 unspecified atom stereocenters. The zero-order valence-electron chi connectivity index (χ0n) is 15.5. The van der Waals surface area contributed by atoms with Gasteiger partial charge in [0.15, 0.2) is 5.76 Å². The molecule has 2 aliphatic rings. The number of para-hydroxylation sites is 1. The highest BCUT2D eigenvalue weighted by atomic mass is 16.3. The minimum Gasteiger partial charge on any atom is -0.451 e. The van der Waals surface area contributed by atoms with E-state index < -0.39 is 0 Å². The molecule has 28 heavy (non-hydrogen) atoms. The van der Waals surface area contributed by atoms with Crippen molar-refractivity contribution in [1.82, 2.24) is 10.6 Å². The second-order valence-corrected chi connectivity index (χ2v) is 7.60. The van der Waals surface area contributed by atoms with E-state index >= 15 is 0 Å². The maximum absolute atomic E-state index is 12.5. The van der Waals surface area contributed by atoms with Gasteiger partial charge in [0, 0.05) is 35.1 Å². The molecule has 5 rings (SSSR count). The lowest BCUT2D eigenvalue weighted by Gasteiger charge is -2.20. The summed E-state index contributed by atoms with van der Waals surface area (Å²) in [7, 11) is 0. The molecule has 3 atom stereocenters. The Morgan fingerprint density at radius 1 is 0.929 bits per heavy atom. The second kappa shape index (κ2) is 7.17. The van der Waals surface area contributed by atoms with Crippen molar-refractivity contribution >= 4 is 17.3 Å². The third-order valence-electron chi connectivity index (χ3n) is 5.68. The lowest BCUT2D eigenvalue weighted by molar-refractivity contribution is 0.0903. The summed E-state index contributed by atoms with van der Waals surface area (Å²) in [6.45, 7) is 0. The predicted molar refractivity (Wildman–Crippen MR) is 110 cm³/mol. The fourth-order valence-corrected chi connectivity index (χ4v) is 4.24. The Bertz CT molecular complexity index is 965. The highest BCUT2D eigenvalue weighted by Gasteiger charge is 2.39. The summed E-state index contributed by atoms with van der Waals surface area (Å²) in [4.78, 5) is 12.5. The summed E-state index contributed by atoms with van der Waals surface area (Å²) in [5.41, 5.74) is 2.99. The number of hydrogen-bond acceptors (Lipinski definition) is 4. The number of benzene rings is 2. The molecule has 3 aromatic rings. The molecule has 2 saturated heterocycles. The van der Waals surface area contributed by atoms with Gasteiger partial charge in [-0.2, -0.15) is 0 Å². The van der Waals surface area contributed by atoms with Crippen LogP contribution in [0, 0.1) is 0 Å². The van der Waals surface area contributed by atoms with Gasteiger partial charge in [-0.05, 0) is 67.8 Å². The smallest absolute Gasteiger partial charge is 0.287 e. The molecule has 2 bridgehead atoms. The minimum absolute atomic E-state index is 0.132. The average molecular weight is 373 g/mol. The van der Waals surface area contributed by atoms with Gasteiger partial charge in [0.25, 0.3) is 5.91 Å². The number of rotatable bonds is 5. The van der Waals surface area contributed by atoms with Crippen LogP contribution in [0.5, 0.6) is 0 Å². The lowest BCUT2D eigenvalue weighted by atomic mass is 9.95. The van der Waals surface area contributed by atoms with Crippen LogP contribution in [0.2, 0.25) is 0 Å². The zero-order valence-corrected chi connectivity index (χ0v) is 15.5. The fourth-order valence-electron chi connectivity index (χ4n) is 4.24. The van der Waals surface area contributed by atoms with Crippen molar-refractivity contribution in [3.8, 4) is 11.3 Å². The summed E-state index contributed by atoms with van der Waals surface area (Å²) in [5.74, 6) is 0.930. The number of carbonyl (C=O) groups excluding carboxylic acids is 1. The van der Waals surface area contributed by atoms with Gasteiger partial charge in [0.2, 0.25) is 0 Å². The van der Waals surface area contributed by atoms with E-state index in [0.717, 1.165) is 29.8 Å². The Morgan fingerprint density at radius 3 is 2.43 bits per heavy atom. The van der Waals surface area contributed by atoms with Gasteiger partial charge >= 0.3 is 0 Å². The third kappa shape index (κ3) is 3.41. The van der Waals surface area contributed by atoms with E-state index in [1.165, 1.54) is 6.42 Å². The number of carbonyl (C=O) groups is 1. The molecule has 0 aliphatic carbocycles. The van der Waals surface area contributed by atoms with Gasteiger partial charge in [0.1, 0.15) is 5.76 Å². The van der Waals surface area contributed by atoms with Crippen molar-refractivity contribution in [2.45, 2.75) is 37.4 Å². The molecular formula is C23H23N3O2. The summed E-state index contributed by atoms with van der Waals surface area (Å²) in [5, 5.41) is 10.0. The molecule has 2 fully saturated rings. The first-order chi connectivity index (χ1) is 13.7. The Hall–Kier alpha value is -3.05. The van der Waals surface area contributed by atoms with Crippen LogP contribution in [0.15, 0.2) is 71.1 Å². The number of furan rings is 1. The molecular weight excluding hydrogens is 350 g/mol. The molecule has 5 heteroatoms. The molecule has 0 radical (unpaired) electrons. The monoisotopic (exact) mass is 373 g/mol. The van der Waals surface area contributed by atoms with Crippen molar-refractivity contribution in [2.75, 3.05) is 5.32 Å². The summed E-state index contributed by atoms with van der Waals surface area (Å²) < 4.78 is 5.83. The standard InChI is InChI=1S/C23H23N3O2/c27-23(26-20-14-18-10-11-19(20)25-18)22-13-12-21(28-22)15-6-8-17(9-7-15)24-16-4-2-1-3-5-16/h1-9,12-13,18-20,24-25H,10-11,14H2,(H,26,27). The molecule has 3 N–H and O–H groups in total. The van der Waals surface area contributed by atoms with Crippen molar-refractivity contribution in [1.29, 1.82) is 0 Å². The molecule has 0 spiro atoms. The van der Waals surface area contributed by atoms with E-state index in [-0.39, 0.29) is 11.9 Å². The van der Waals surface area contributed by atoms with E-state index in [2.05, 4.69) is 16.0 Å². The van der Waals surface area contributed by atoms with Crippen molar-refractivity contribution in [3.63, 3.8) is 0 Å². The van der Waals surface area contributed by atoms with Gasteiger partial charge < -0.3 is 20.4 Å². The Labute approximate surface area is 164 Å². The van der Waals surface area contributed by atoms with Crippen LogP contribution in [0.3, 0.4) is 0 Å². The number of hydrogen-bond donors (Lipinski definition) is 3. The fraction of sp³-hybridized carbons (Fsp3) is 0.261. The van der Waals surface area contributed by atoms with E-state index in [1.54, 1.807) is 6.07 Å². The van der Waals surface area contributed by atoms with Crippen LogP contribution in [-0.4, -0.2) is 24.0 Å². The van der Waals surface area contributed by atoms with E-state index in [0.29, 0.717) is 23.6 Å². The zero-order chi connectivity index (χ0) is 18.9. The van der Waals surface area contributed by atoms with Crippen molar-refractivity contribution < 1.29 is 9.21 Å². The van der Waals surface area contributed by atoms with Crippen LogP contribution in [0.4, 0.5) is 11.4 Å². The first-order valence-electron chi connectivity index (χ1n) is 9.84. The SMILES string of the molecule is O=C(NC1CC2CCC1N2)c1ccc(-c2ccc(Nc3ccccc3)cc2)o1. The lowest BCUT2D eigenvalue weighted by Crippen LogP contribution is -2.42. The quantitative estimate of drug-likeness (QED) is 0.623. The molecule has 2 aromatic carbocycles. The molecule has 5 nitrogen and oxygen atoms in total. The van der Waals surface area contributed by atoms with Gasteiger partial charge in [-0.3, -0.25) is 4.79 Å². The number of nitrogens with one attached hydrogen (secondary N) is 3. The number of fused-ring (bicyclic) bond motifs is 2. The highest BCUT2D eigenvalue weighted by molar-refractivity contribution is 5.92. The largest absolute Gasteiger partial charge is 0.451 e. The normalized spacial score (nSPS) is 22.9. The maximum Gasteiger partial charge on any atom is 0.287 e. The number of amides is 1. The molecule has 0 saturated carbocycles. The second-order valence-electron chi connectivity index (χ2n) is 7.60.